The van der Waals surface area contributed by atoms with Crippen molar-refractivity contribution in [3.8, 4) is 0 Å². The van der Waals surface area contributed by atoms with Crippen molar-refractivity contribution in [2.75, 3.05) is 0 Å². The molecule has 0 nitrogen and oxygen atoms in total. The second-order valence-electron chi connectivity index (χ2n) is 9.62. The Kier molecular flexibility index (Phi) is 21.8. The molecule has 0 spiro atoms. The Labute approximate surface area is 186 Å². The van der Waals surface area contributed by atoms with E-state index in [0.717, 1.165) is 5.92 Å². The molecule has 0 aliphatic carbocycles. The predicted octanol–water partition coefficient (Wildman–Crippen LogP) is 11.0. The average molecular weight is 405 g/mol. The van der Waals surface area contributed by atoms with Gasteiger partial charge >= 0.3 is 0 Å². The maximum Gasteiger partial charge on any atom is -0.0323 e. The molecule has 0 heterocycles. The maximum absolute atomic E-state index is 4.38. The van der Waals surface area contributed by atoms with E-state index in [4.69, 9.17) is 0 Å². The summed E-state index contributed by atoms with van der Waals surface area (Å²) in [5.74, 6) is 0.980. The summed E-state index contributed by atoms with van der Waals surface area (Å²) in [5.41, 5.74) is 2.99. The summed E-state index contributed by atoms with van der Waals surface area (Å²) in [5, 5.41) is 0. The molecule has 0 N–H and O–H groups in total. The number of hydrogen-bond acceptors (Lipinski definition) is 0. The second kappa shape index (κ2) is 22.2. The van der Waals surface area contributed by atoms with E-state index in [2.05, 4.69) is 33.9 Å². The average Bonchev–Trinajstić information content (AvgIpc) is 2.71. The second-order valence-corrected chi connectivity index (χ2v) is 9.62. The molecule has 0 saturated carbocycles. The van der Waals surface area contributed by atoms with E-state index >= 15 is 0 Å². The molecule has 0 rings (SSSR count). The van der Waals surface area contributed by atoms with Crippen LogP contribution in [0.1, 0.15) is 156 Å². The Morgan fingerprint density at radius 3 is 1.31 bits per heavy atom. The van der Waals surface area contributed by atoms with Gasteiger partial charge in [-0.15, -0.1) is 0 Å². The minimum atomic E-state index is 0.980. The highest BCUT2D eigenvalue weighted by Crippen LogP contribution is 2.25. The van der Waals surface area contributed by atoms with Gasteiger partial charge in [0.25, 0.3) is 0 Å². The molecule has 0 aromatic carbocycles. The van der Waals surface area contributed by atoms with Crippen LogP contribution in [0.5, 0.6) is 0 Å². The zero-order chi connectivity index (χ0) is 21.6. The zero-order valence-corrected chi connectivity index (χ0v) is 20.8. The van der Waals surface area contributed by atoms with Crippen molar-refractivity contribution in [3.05, 3.63) is 24.3 Å². The number of hydrogen-bond donors (Lipinski definition) is 0. The van der Waals surface area contributed by atoms with Gasteiger partial charge in [-0.2, -0.15) is 0 Å². The van der Waals surface area contributed by atoms with E-state index in [9.17, 15) is 0 Å². The first-order valence-corrected chi connectivity index (χ1v) is 13.5. The van der Waals surface area contributed by atoms with Gasteiger partial charge in [0.1, 0.15) is 0 Å². The Morgan fingerprint density at radius 2 is 0.828 bits per heavy atom. The first kappa shape index (κ1) is 28.5. The lowest BCUT2D eigenvalue weighted by Gasteiger charge is -2.17. The lowest BCUT2D eigenvalue weighted by Crippen LogP contribution is -2.01. The molecule has 0 unspecified atom stereocenters. The maximum atomic E-state index is 4.38. The molecular formula is C29H56. The summed E-state index contributed by atoms with van der Waals surface area (Å²) in [6.07, 6.45) is 28.7. The fourth-order valence-corrected chi connectivity index (χ4v) is 4.40. The van der Waals surface area contributed by atoms with Crippen LogP contribution in [0.4, 0.5) is 0 Å². The van der Waals surface area contributed by atoms with E-state index in [-0.39, 0.29) is 0 Å². The highest BCUT2D eigenvalue weighted by Gasteiger charge is 2.08. The van der Waals surface area contributed by atoms with Crippen LogP contribution < -0.4 is 0 Å². The summed E-state index contributed by atoms with van der Waals surface area (Å²) >= 11 is 0. The Balaban J connectivity index is 3.67. The molecule has 0 aliphatic rings. The van der Waals surface area contributed by atoms with Crippen LogP contribution in [0, 0.1) is 5.92 Å². The summed E-state index contributed by atoms with van der Waals surface area (Å²) in [6.45, 7) is 15.5. The third-order valence-corrected chi connectivity index (χ3v) is 6.52. The SMILES string of the molecule is C=C(CCCC)CCCCCCCC(=C)CCCC(CCCCC)CCCCC. The molecule has 0 fully saturated rings. The van der Waals surface area contributed by atoms with Crippen molar-refractivity contribution in [2.24, 2.45) is 5.92 Å². The van der Waals surface area contributed by atoms with E-state index in [1.807, 2.05) is 0 Å². The van der Waals surface area contributed by atoms with Crippen LogP contribution in [0.25, 0.3) is 0 Å². The van der Waals surface area contributed by atoms with Gasteiger partial charge in [0.2, 0.25) is 0 Å². The summed E-state index contributed by atoms with van der Waals surface area (Å²) in [7, 11) is 0. The third kappa shape index (κ3) is 20.5. The Hall–Kier alpha value is -0.520. The molecular weight excluding hydrogens is 348 g/mol. The quantitative estimate of drug-likeness (QED) is 0.117. The first-order valence-electron chi connectivity index (χ1n) is 13.5. The van der Waals surface area contributed by atoms with Crippen molar-refractivity contribution in [2.45, 2.75) is 156 Å². The highest BCUT2D eigenvalue weighted by molar-refractivity contribution is 4.94. The standard InChI is InChI=1S/C29H56/c1-6-9-15-24-29(25-16-10-7-2)26-19-23-28(5)22-18-14-12-13-17-21-27(4)20-11-8-3/h29H,4-26H2,1-3H3. The first-order chi connectivity index (χ1) is 14.1. The van der Waals surface area contributed by atoms with Crippen LogP contribution in [-0.4, -0.2) is 0 Å². The minimum absolute atomic E-state index is 0.980. The lowest BCUT2D eigenvalue weighted by molar-refractivity contribution is 0.376. The van der Waals surface area contributed by atoms with Gasteiger partial charge in [0, 0.05) is 0 Å². The van der Waals surface area contributed by atoms with Gasteiger partial charge in [0.15, 0.2) is 0 Å². The number of unbranched alkanes of at least 4 members (excludes halogenated alkanes) is 9. The van der Waals surface area contributed by atoms with Gasteiger partial charge in [-0.3, -0.25) is 0 Å². The van der Waals surface area contributed by atoms with E-state index in [0.29, 0.717) is 0 Å². The number of rotatable bonds is 23. The van der Waals surface area contributed by atoms with E-state index < -0.39 is 0 Å². The van der Waals surface area contributed by atoms with Crippen LogP contribution in [0.3, 0.4) is 0 Å². The molecule has 0 aromatic heterocycles. The van der Waals surface area contributed by atoms with Crippen LogP contribution in [0.15, 0.2) is 24.3 Å². The molecule has 0 aliphatic heterocycles. The lowest BCUT2D eigenvalue weighted by atomic mass is 9.89. The molecule has 0 heteroatoms. The van der Waals surface area contributed by atoms with Gasteiger partial charge in [0.05, 0.1) is 0 Å². The molecule has 0 amide bonds. The monoisotopic (exact) mass is 404 g/mol. The van der Waals surface area contributed by atoms with E-state index in [1.54, 1.807) is 0 Å². The van der Waals surface area contributed by atoms with Gasteiger partial charge < -0.3 is 0 Å². The van der Waals surface area contributed by atoms with Crippen LogP contribution in [-0.2, 0) is 0 Å². The van der Waals surface area contributed by atoms with Crippen molar-refractivity contribution in [3.63, 3.8) is 0 Å². The topological polar surface area (TPSA) is 0 Å². The molecule has 0 saturated heterocycles. The van der Waals surface area contributed by atoms with Crippen molar-refractivity contribution in [1.82, 2.24) is 0 Å². The third-order valence-electron chi connectivity index (χ3n) is 6.52. The molecule has 0 radical (unpaired) electrons. The van der Waals surface area contributed by atoms with Crippen molar-refractivity contribution >= 4 is 0 Å². The van der Waals surface area contributed by atoms with Crippen molar-refractivity contribution < 1.29 is 0 Å². The molecule has 0 atom stereocenters. The smallest absolute Gasteiger partial charge is 0.0323 e. The summed E-state index contributed by atoms with van der Waals surface area (Å²) in [4.78, 5) is 0. The van der Waals surface area contributed by atoms with E-state index in [1.165, 1.54) is 146 Å². The summed E-state index contributed by atoms with van der Waals surface area (Å²) < 4.78 is 0. The summed E-state index contributed by atoms with van der Waals surface area (Å²) in [6, 6.07) is 0. The fourth-order valence-electron chi connectivity index (χ4n) is 4.40. The van der Waals surface area contributed by atoms with Crippen LogP contribution in [0.2, 0.25) is 0 Å². The largest absolute Gasteiger partial charge is 0.0999 e. The fraction of sp³-hybridized carbons (Fsp3) is 0.862. The van der Waals surface area contributed by atoms with Crippen molar-refractivity contribution in [1.29, 1.82) is 0 Å². The van der Waals surface area contributed by atoms with Gasteiger partial charge in [-0.05, 0) is 57.3 Å². The molecule has 29 heavy (non-hydrogen) atoms. The van der Waals surface area contributed by atoms with Gasteiger partial charge in [-0.1, -0.05) is 129 Å². The minimum Gasteiger partial charge on any atom is -0.0999 e. The Bertz CT molecular complexity index is 354. The predicted molar refractivity (Wildman–Crippen MR) is 136 cm³/mol. The van der Waals surface area contributed by atoms with Gasteiger partial charge in [-0.25, -0.2) is 0 Å². The Morgan fingerprint density at radius 1 is 0.448 bits per heavy atom. The van der Waals surface area contributed by atoms with Crippen LogP contribution >= 0.6 is 0 Å². The number of allylic oxidation sites excluding steroid dienone is 2. The molecule has 172 valence electrons. The highest BCUT2D eigenvalue weighted by atomic mass is 14.1. The molecule has 0 aromatic rings. The normalized spacial score (nSPS) is 11.3. The molecule has 0 bridgehead atoms. The zero-order valence-electron chi connectivity index (χ0n) is 20.8.